The fraction of sp³-hybridized carbons (Fsp3) is 0. The van der Waals surface area contributed by atoms with E-state index in [0.717, 1.165) is 22.4 Å². The zero-order valence-electron chi connectivity index (χ0n) is 28.3. The summed E-state index contributed by atoms with van der Waals surface area (Å²) in [5.41, 5.74) is 16.7. The first-order valence-electron chi connectivity index (χ1n) is 17.7. The lowest BCUT2D eigenvalue weighted by molar-refractivity contribution is 1.25. The zero-order valence-corrected chi connectivity index (χ0v) is 28.3. The number of fused-ring (bicyclic) bond motifs is 5. The van der Waals surface area contributed by atoms with Crippen molar-refractivity contribution < 1.29 is 0 Å². The average molecular weight is 661 g/mol. The van der Waals surface area contributed by atoms with Crippen LogP contribution in [0, 0.1) is 5.41 Å². The molecule has 2 aliphatic rings. The van der Waals surface area contributed by atoms with E-state index in [1.165, 1.54) is 77.2 Å². The molecule has 0 saturated carbocycles. The Kier molecular flexibility index (Phi) is 7.00. The number of rotatable bonds is 5. The Labute approximate surface area is 302 Å². The largest absolute Gasteiger partial charge is 0.298 e. The van der Waals surface area contributed by atoms with Gasteiger partial charge in [0.15, 0.2) is 0 Å². The molecule has 242 valence electrons. The molecule has 0 radical (unpaired) electrons. The second kappa shape index (κ2) is 12.2. The van der Waals surface area contributed by atoms with E-state index in [2.05, 4.69) is 151 Å². The third-order valence-corrected chi connectivity index (χ3v) is 10.5. The molecule has 0 spiro atoms. The summed E-state index contributed by atoms with van der Waals surface area (Å²) in [5, 5.41) is 13.8. The van der Waals surface area contributed by atoms with Gasteiger partial charge in [-0.05, 0) is 94.9 Å². The molecule has 0 amide bonds. The van der Waals surface area contributed by atoms with E-state index < -0.39 is 0 Å². The summed E-state index contributed by atoms with van der Waals surface area (Å²) in [6.07, 6.45) is 11.9. The summed E-state index contributed by atoms with van der Waals surface area (Å²) >= 11 is 0. The van der Waals surface area contributed by atoms with Crippen LogP contribution in [0.5, 0.6) is 0 Å². The fourth-order valence-corrected chi connectivity index (χ4v) is 8.23. The molecule has 0 atom stereocenters. The van der Waals surface area contributed by atoms with Crippen molar-refractivity contribution in [2.24, 2.45) is 0 Å². The van der Waals surface area contributed by atoms with Crippen molar-refractivity contribution in [2.75, 3.05) is 0 Å². The quantitative estimate of drug-likeness (QED) is 0.196. The Balaban J connectivity index is 1.13. The Morgan fingerprint density at radius 3 is 1.83 bits per heavy atom. The molecule has 0 saturated heterocycles. The normalized spacial score (nSPS) is 13.7. The van der Waals surface area contributed by atoms with Gasteiger partial charge >= 0.3 is 0 Å². The van der Waals surface area contributed by atoms with E-state index in [9.17, 15) is 0 Å². The van der Waals surface area contributed by atoms with Crippen LogP contribution >= 0.6 is 0 Å². The molecule has 2 aliphatic carbocycles. The van der Waals surface area contributed by atoms with E-state index in [-0.39, 0.29) is 0 Å². The van der Waals surface area contributed by atoms with E-state index in [1.807, 2.05) is 36.4 Å². The minimum Gasteiger partial charge on any atom is -0.298 e. The molecular weight excluding hydrogens is 629 g/mol. The highest BCUT2D eigenvalue weighted by molar-refractivity contribution is 6.28. The predicted octanol–water partition coefficient (Wildman–Crippen LogP) is 13.1. The van der Waals surface area contributed by atoms with Crippen LogP contribution < -0.4 is 0 Å². The summed E-state index contributed by atoms with van der Waals surface area (Å²) in [6, 6.07) is 54.8. The number of allylic oxidation sites excluding steroid dienone is 4. The predicted molar refractivity (Wildman–Crippen MR) is 219 cm³/mol. The number of hydrogen-bond donors (Lipinski definition) is 1. The molecular formula is C50H32N2. The van der Waals surface area contributed by atoms with Gasteiger partial charge in [0, 0.05) is 17.3 Å². The number of nitrogens with one attached hydrogen (secondary N) is 1. The molecule has 2 nitrogen and oxygen atoms in total. The van der Waals surface area contributed by atoms with Crippen molar-refractivity contribution >= 4 is 39.4 Å². The van der Waals surface area contributed by atoms with Crippen LogP contribution in [0.1, 0.15) is 16.8 Å². The molecule has 0 aliphatic heterocycles. The third kappa shape index (κ3) is 4.73. The molecule has 8 aromatic rings. The maximum Gasteiger partial charge on any atom is 0.0957 e. The molecule has 7 aromatic carbocycles. The molecule has 0 unspecified atom stereocenters. The van der Waals surface area contributed by atoms with Crippen LogP contribution in [-0.4, -0.2) is 10.7 Å². The van der Waals surface area contributed by atoms with Gasteiger partial charge in [0.05, 0.1) is 11.4 Å². The highest BCUT2D eigenvalue weighted by Gasteiger charge is 2.31. The molecule has 0 bridgehead atoms. The number of pyridine rings is 1. The summed E-state index contributed by atoms with van der Waals surface area (Å²) < 4.78 is 0. The van der Waals surface area contributed by atoms with Gasteiger partial charge < -0.3 is 0 Å². The number of aromatic nitrogens is 1. The van der Waals surface area contributed by atoms with Crippen LogP contribution in [0.2, 0.25) is 0 Å². The summed E-state index contributed by atoms with van der Waals surface area (Å²) in [7, 11) is 0. The molecule has 0 fully saturated rings. The average Bonchev–Trinajstić information content (AvgIpc) is 3.53. The maximum atomic E-state index is 8.67. The van der Waals surface area contributed by atoms with Gasteiger partial charge in [-0.3, -0.25) is 10.4 Å². The lowest BCUT2D eigenvalue weighted by atomic mass is 9.82. The van der Waals surface area contributed by atoms with Crippen molar-refractivity contribution in [3.05, 3.63) is 198 Å². The van der Waals surface area contributed by atoms with Crippen LogP contribution in [0.3, 0.4) is 0 Å². The second-order valence-electron chi connectivity index (χ2n) is 13.4. The van der Waals surface area contributed by atoms with Crippen LogP contribution in [0.25, 0.3) is 89.3 Å². The van der Waals surface area contributed by atoms with Gasteiger partial charge in [0.1, 0.15) is 0 Å². The number of hydrogen-bond acceptors (Lipinski definition) is 2. The molecule has 10 rings (SSSR count). The van der Waals surface area contributed by atoms with Crippen molar-refractivity contribution in [1.29, 1.82) is 5.41 Å². The van der Waals surface area contributed by atoms with Gasteiger partial charge in [-0.15, -0.1) is 0 Å². The van der Waals surface area contributed by atoms with Gasteiger partial charge in [-0.2, -0.15) is 0 Å². The first-order chi connectivity index (χ1) is 25.7. The standard InChI is InChI=1S/C50H32N2/c51-49-35(26-27-36-21-12-30-52-50(36)49)19-9-13-32-14-10-20-37(31-32)38-28-29-43-46-39(38)24-11-25-42(46)47-44(33-15-3-1-4-16-33)40-22-7-8-23-41(40)45(48(43)47)34-17-5-2-6-18-34/h1-31,51H/b13-9+,35-19-,51-49?. The van der Waals surface area contributed by atoms with Crippen LogP contribution in [0.4, 0.5) is 0 Å². The number of nitrogens with zero attached hydrogens (tertiary/aromatic N) is 1. The summed E-state index contributed by atoms with van der Waals surface area (Å²) in [6.45, 7) is 0. The Morgan fingerprint density at radius 2 is 1.10 bits per heavy atom. The minimum absolute atomic E-state index is 0.448. The number of benzene rings is 7. The highest BCUT2D eigenvalue weighted by atomic mass is 14.7. The van der Waals surface area contributed by atoms with Crippen molar-refractivity contribution in [3.8, 4) is 55.6 Å². The lowest BCUT2D eigenvalue weighted by Gasteiger charge is -2.20. The lowest BCUT2D eigenvalue weighted by Crippen LogP contribution is -2.09. The monoisotopic (exact) mass is 660 g/mol. The molecule has 52 heavy (non-hydrogen) atoms. The maximum absolute atomic E-state index is 8.67. The molecule has 1 heterocycles. The molecule has 1 N–H and O–H groups in total. The van der Waals surface area contributed by atoms with E-state index in [4.69, 9.17) is 5.41 Å². The highest BCUT2D eigenvalue weighted by Crippen LogP contribution is 2.58. The van der Waals surface area contributed by atoms with Crippen molar-refractivity contribution in [3.63, 3.8) is 0 Å². The zero-order chi connectivity index (χ0) is 34.6. The van der Waals surface area contributed by atoms with Gasteiger partial charge in [0.2, 0.25) is 0 Å². The van der Waals surface area contributed by atoms with Gasteiger partial charge in [-0.1, -0.05) is 170 Å². The summed E-state index contributed by atoms with van der Waals surface area (Å²) in [5.74, 6) is 0. The van der Waals surface area contributed by atoms with E-state index in [1.54, 1.807) is 6.20 Å². The van der Waals surface area contributed by atoms with Crippen LogP contribution in [0.15, 0.2) is 182 Å². The fourth-order valence-electron chi connectivity index (χ4n) is 8.23. The first kappa shape index (κ1) is 30.0. The Hall–Kier alpha value is -6.90. The Morgan fingerprint density at radius 1 is 0.481 bits per heavy atom. The smallest absolute Gasteiger partial charge is 0.0957 e. The topological polar surface area (TPSA) is 36.7 Å². The molecule has 1 aromatic heterocycles. The minimum atomic E-state index is 0.448. The Bertz CT molecular complexity index is 2750. The second-order valence-corrected chi connectivity index (χ2v) is 13.4. The van der Waals surface area contributed by atoms with Gasteiger partial charge in [-0.25, -0.2) is 0 Å². The van der Waals surface area contributed by atoms with Gasteiger partial charge in [0.25, 0.3) is 0 Å². The van der Waals surface area contributed by atoms with Crippen LogP contribution in [-0.2, 0) is 0 Å². The van der Waals surface area contributed by atoms with Crippen molar-refractivity contribution in [2.45, 2.75) is 0 Å². The summed E-state index contributed by atoms with van der Waals surface area (Å²) in [4.78, 5) is 4.43. The molecule has 2 heteroatoms. The third-order valence-electron chi connectivity index (χ3n) is 10.5. The van der Waals surface area contributed by atoms with Crippen molar-refractivity contribution in [1.82, 2.24) is 4.98 Å². The van der Waals surface area contributed by atoms with E-state index in [0.29, 0.717) is 5.71 Å². The SMILES string of the molecule is N=C1/C(=C\C=C\c2cccc(-c3ccc4c5c(cccc35)-c3c-4c(-c4ccccc4)c4ccccc4c3-c3ccccc3)c2)C=Cc2cccnc21. The first-order valence-corrected chi connectivity index (χ1v) is 17.7. The van der Waals surface area contributed by atoms with E-state index >= 15 is 0 Å².